The minimum Gasteiger partial charge on any atom is -0.370 e. The standard InChI is InChI=1S/C6H9NO2/c1-3-4-5(2)6(8)9-7/h3H,1-2,4,7H2. The SMILES string of the molecule is C=CCC(=C)C(=O)ON. The Labute approximate surface area is 53.8 Å². The lowest BCUT2D eigenvalue weighted by Crippen LogP contribution is -2.11. The van der Waals surface area contributed by atoms with E-state index in [-0.39, 0.29) is 0 Å². The molecule has 0 aliphatic rings. The van der Waals surface area contributed by atoms with Crippen LogP contribution in [0.15, 0.2) is 24.8 Å². The first kappa shape index (κ1) is 7.91. The molecule has 3 heteroatoms. The summed E-state index contributed by atoms with van der Waals surface area (Å²) in [5.74, 6) is 3.97. The van der Waals surface area contributed by atoms with Crippen molar-refractivity contribution < 1.29 is 9.63 Å². The van der Waals surface area contributed by atoms with Gasteiger partial charge < -0.3 is 4.84 Å². The Bertz CT molecular complexity index is 140. The Hall–Kier alpha value is -1.09. The molecule has 2 N–H and O–H groups in total. The zero-order valence-electron chi connectivity index (χ0n) is 5.09. The summed E-state index contributed by atoms with van der Waals surface area (Å²) in [6.07, 6.45) is 1.97. The Morgan fingerprint density at radius 2 is 2.33 bits per heavy atom. The first-order valence-electron chi connectivity index (χ1n) is 2.42. The van der Waals surface area contributed by atoms with Crippen LogP contribution in [0.2, 0.25) is 0 Å². The molecule has 0 aromatic carbocycles. The lowest BCUT2D eigenvalue weighted by atomic mass is 10.2. The maximum Gasteiger partial charge on any atom is 0.352 e. The number of rotatable bonds is 3. The number of hydrogen-bond acceptors (Lipinski definition) is 3. The van der Waals surface area contributed by atoms with Crippen LogP contribution in [0.5, 0.6) is 0 Å². The van der Waals surface area contributed by atoms with E-state index < -0.39 is 5.97 Å². The quantitative estimate of drug-likeness (QED) is 0.342. The highest BCUT2D eigenvalue weighted by molar-refractivity contribution is 5.87. The average molecular weight is 127 g/mol. The highest BCUT2D eigenvalue weighted by Crippen LogP contribution is 1.98. The first-order valence-corrected chi connectivity index (χ1v) is 2.42. The van der Waals surface area contributed by atoms with Crippen molar-refractivity contribution in [3.8, 4) is 0 Å². The van der Waals surface area contributed by atoms with Crippen molar-refractivity contribution in [2.45, 2.75) is 6.42 Å². The molecule has 0 amide bonds. The van der Waals surface area contributed by atoms with Crippen molar-refractivity contribution in [1.29, 1.82) is 0 Å². The summed E-state index contributed by atoms with van der Waals surface area (Å²) >= 11 is 0. The second-order valence-corrected chi connectivity index (χ2v) is 1.50. The molecular formula is C6H9NO2. The van der Waals surface area contributed by atoms with Crippen molar-refractivity contribution in [3.63, 3.8) is 0 Å². The van der Waals surface area contributed by atoms with Crippen LogP contribution in [-0.2, 0) is 9.63 Å². The summed E-state index contributed by atoms with van der Waals surface area (Å²) in [5.41, 5.74) is 0.313. The van der Waals surface area contributed by atoms with Gasteiger partial charge in [-0.05, 0) is 6.42 Å². The fraction of sp³-hybridized carbons (Fsp3) is 0.167. The Kier molecular flexibility index (Phi) is 3.39. The van der Waals surface area contributed by atoms with Gasteiger partial charge in [0, 0.05) is 5.57 Å². The van der Waals surface area contributed by atoms with E-state index in [0.717, 1.165) is 0 Å². The van der Waals surface area contributed by atoms with Crippen molar-refractivity contribution >= 4 is 5.97 Å². The van der Waals surface area contributed by atoms with E-state index in [1.165, 1.54) is 0 Å². The lowest BCUT2D eigenvalue weighted by Gasteiger charge is -1.95. The van der Waals surface area contributed by atoms with Gasteiger partial charge in [-0.3, -0.25) is 0 Å². The third kappa shape index (κ3) is 2.66. The van der Waals surface area contributed by atoms with Crippen molar-refractivity contribution in [2.24, 2.45) is 5.90 Å². The minimum atomic E-state index is -0.588. The summed E-state index contributed by atoms with van der Waals surface area (Å²) in [5, 5.41) is 0. The van der Waals surface area contributed by atoms with Gasteiger partial charge in [-0.2, -0.15) is 5.90 Å². The van der Waals surface area contributed by atoms with E-state index in [9.17, 15) is 4.79 Å². The number of nitrogens with two attached hydrogens (primary N) is 1. The Morgan fingerprint density at radius 1 is 1.78 bits per heavy atom. The van der Waals surface area contributed by atoms with Gasteiger partial charge in [-0.1, -0.05) is 12.7 Å². The molecule has 50 valence electrons. The smallest absolute Gasteiger partial charge is 0.352 e. The van der Waals surface area contributed by atoms with Gasteiger partial charge in [-0.25, -0.2) is 4.79 Å². The van der Waals surface area contributed by atoms with Crippen LogP contribution in [0.3, 0.4) is 0 Å². The lowest BCUT2D eigenvalue weighted by molar-refractivity contribution is -0.139. The number of carbonyl (C=O) groups excluding carboxylic acids is 1. The predicted molar refractivity (Wildman–Crippen MR) is 34.2 cm³/mol. The van der Waals surface area contributed by atoms with Gasteiger partial charge in [0.05, 0.1) is 0 Å². The monoisotopic (exact) mass is 127 g/mol. The molecule has 0 saturated heterocycles. The van der Waals surface area contributed by atoms with Crippen LogP contribution in [0.1, 0.15) is 6.42 Å². The molecule has 0 saturated carbocycles. The Morgan fingerprint density at radius 3 is 2.67 bits per heavy atom. The van der Waals surface area contributed by atoms with Crippen LogP contribution >= 0.6 is 0 Å². The molecule has 0 atom stereocenters. The predicted octanol–water partition coefficient (Wildman–Crippen LogP) is 0.536. The first-order chi connectivity index (χ1) is 4.22. The molecule has 0 aliphatic heterocycles. The summed E-state index contributed by atoms with van der Waals surface area (Å²) < 4.78 is 0. The minimum absolute atomic E-state index is 0.313. The molecule has 0 aromatic rings. The molecule has 0 aliphatic carbocycles. The second-order valence-electron chi connectivity index (χ2n) is 1.50. The van der Waals surface area contributed by atoms with E-state index in [2.05, 4.69) is 23.9 Å². The summed E-state index contributed by atoms with van der Waals surface area (Å²) in [4.78, 5) is 14.3. The molecule has 0 unspecified atom stereocenters. The molecule has 0 rings (SSSR count). The van der Waals surface area contributed by atoms with Gasteiger partial charge in [0.1, 0.15) is 0 Å². The molecule has 0 bridgehead atoms. The fourth-order valence-corrected chi connectivity index (χ4v) is 0.341. The van der Waals surface area contributed by atoms with Crippen molar-refractivity contribution in [3.05, 3.63) is 24.8 Å². The molecule has 3 nitrogen and oxygen atoms in total. The van der Waals surface area contributed by atoms with Gasteiger partial charge >= 0.3 is 5.97 Å². The van der Waals surface area contributed by atoms with E-state index in [0.29, 0.717) is 12.0 Å². The van der Waals surface area contributed by atoms with Crippen LogP contribution in [0.4, 0.5) is 0 Å². The molecule has 0 fully saturated rings. The van der Waals surface area contributed by atoms with Crippen LogP contribution in [0, 0.1) is 0 Å². The number of hydrogen-bond donors (Lipinski definition) is 1. The maximum atomic E-state index is 10.4. The summed E-state index contributed by atoms with van der Waals surface area (Å²) in [7, 11) is 0. The fourth-order valence-electron chi connectivity index (χ4n) is 0.341. The topological polar surface area (TPSA) is 52.3 Å². The third-order valence-corrected chi connectivity index (χ3v) is 0.786. The molecule has 0 spiro atoms. The molecular weight excluding hydrogens is 118 g/mol. The van der Waals surface area contributed by atoms with Crippen LogP contribution in [0.25, 0.3) is 0 Å². The zero-order chi connectivity index (χ0) is 7.28. The van der Waals surface area contributed by atoms with Crippen LogP contribution < -0.4 is 5.90 Å². The van der Waals surface area contributed by atoms with Gasteiger partial charge in [0.15, 0.2) is 0 Å². The van der Waals surface area contributed by atoms with Crippen molar-refractivity contribution in [1.82, 2.24) is 0 Å². The number of carbonyl (C=O) groups is 1. The average Bonchev–Trinajstić information content (AvgIpc) is 1.87. The zero-order valence-corrected chi connectivity index (χ0v) is 5.09. The van der Waals surface area contributed by atoms with E-state index >= 15 is 0 Å². The highest BCUT2D eigenvalue weighted by Gasteiger charge is 2.02. The second kappa shape index (κ2) is 3.86. The third-order valence-electron chi connectivity index (χ3n) is 0.786. The van der Waals surface area contributed by atoms with Gasteiger partial charge in [0.25, 0.3) is 0 Å². The van der Waals surface area contributed by atoms with E-state index in [1.807, 2.05) is 0 Å². The molecule has 0 aromatic heterocycles. The number of allylic oxidation sites excluding steroid dienone is 1. The Balaban J connectivity index is 3.73. The van der Waals surface area contributed by atoms with Crippen molar-refractivity contribution in [2.75, 3.05) is 0 Å². The highest BCUT2D eigenvalue weighted by atomic mass is 16.7. The van der Waals surface area contributed by atoms with Crippen LogP contribution in [-0.4, -0.2) is 5.97 Å². The van der Waals surface area contributed by atoms with Gasteiger partial charge in [-0.15, -0.1) is 6.58 Å². The largest absolute Gasteiger partial charge is 0.370 e. The maximum absolute atomic E-state index is 10.4. The molecule has 9 heavy (non-hydrogen) atoms. The summed E-state index contributed by atoms with van der Waals surface area (Å²) in [6, 6.07) is 0. The van der Waals surface area contributed by atoms with Gasteiger partial charge in [0.2, 0.25) is 0 Å². The summed E-state index contributed by atoms with van der Waals surface area (Å²) in [6.45, 7) is 6.80. The molecule has 0 heterocycles. The van der Waals surface area contributed by atoms with E-state index in [4.69, 9.17) is 0 Å². The normalized spacial score (nSPS) is 8.11. The van der Waals surface area contributed by atoms with E-state index in [1.54, 1.807) is 6.08 Å². The molecule has 0 radical (unpaired) electrons.